The standard InChI is InChI=1S/C17H27N3O/c1-13(2)10-16(20(3)4)12-19-17(21)9-8-14-6-5-7-15(18)11-14/h5-9,11,13,16H,10,12,18H2,1-4H3,(H,19,21)/b9-8+. The minimum Gasteiger partial charge on any atom is -0.399 e. The zero-order valence-corrected chi connectivity index (χ0v) is 13.5. The maximum Gasteiger partial charge on any atom is 0.244 e. The Morgan fingerprint density at radius 2 is 2.10 bits per heavy atom. The van der Waals surface area contributed by atoms with Crippen LogP contribution in [0.3, 0.4) is 0 Å². The number of benzene rings is 1. The molecule has 0 radical (unpaired) electrons. The Morgan fingerprint density at radius 3 is 2.67 bits per heavy atom. The second kappa shape index (κ2) is 8.47. The molecule has 0 fully saturated rings. The van der Waals surface area contributed by atoms with Crippen molar-refractivity contribution in [1.29, 1.82) is 0 Å². The van der Waals surface area contributed by atoms with E-state index in [4.69, 9.17) is 5.73 Å². The first-order valence-electron chi connectivity index (χ1n) is 7.36. The quantitative estimate of drug-likeness (QED) is 0.598. The Morgan fingerprint density at radius 1 is 1.38 bits per heavy atom. The summed E-state index contributed by atoms with van der Waals surface area (Å²) >= 11 is 0. The molecule has 1 aromatic carbocycles. The molecule has 0 spiro atoms. The van der Waals surface area contributed by atoms with Crippen LogP contribution in [0.5, 0.6) is 0 Å². The molecule has 0 aromatic heterocycles. The summed E-state index contributed by atoms with van der Waals surface area (Å²) in [5.74, 6) is 0.533. The lowest BCUT2D eigenvalue weighted by Crippen LogP contribution is -2.40. The highest BCUT2D eigenvalue weighted by Gasteiger charge is 2.13. The van der Waals surface area contributed by atoms with Crippen molar-refractivity contribution in [2.24, 2.45) is 5.92 Å². The third-order valence-corrected chi connectivity index (χ3v) is 3.32. The van der Waals surface area contributed by atoms with E-state index in [0.717, 1.165) is 12.0 Å². The molecule has 0 heterocycles. The van der Waals surface area contributed by atoms with Gasteiger partial charge in [0.05, 0.1) is 0 Å². The predicted molar refractivity (Wildman–Crippen MR) is 89.8 cm³/mol. The maximum atomic E-state index is 11.9. The SMILES string of the molecule is CC(C)CC(CNC(=O)/C=C/c1cccc(N)c1)N(C)C. The Hall–Kier alpha value is -1.81. The van der Waals surface area contributed by atoms with Crippen LogP contribution in [0.1, 0.15) is 25.8 Å². The van der Waals surface area contributed by atoms with Crippen molar-refractivity contribution < 1.29 is 4.79 Å². The minimum absolute atomic E-state index is 0.0759. The zero-order valence-electron chi connectivity index (χ0n) is 13.5. The van der Waals surface area contributed by atoms with E-state index in [1.807, 2.05) is 38.4 Å². The third kappa shape index (κ3) is 6.95. The van der Waals surface area contributed by atoms with Crippen molar-refractivity contribution >= 4 is 17.7 Å². The molecule has 0 aliphatic heterocycles. The van der Waals surface area contributed by atoms with Gasteiger partial charge in [-0.3, -0.25) is 4.79 Å². The van der Waals surface area contributed by atoms with Crippen LogP contribution >= 0.6 is 0 Å². The molecule has 1 unspecified atom stereocenters. The van der Waals surface area contributed by atoms with Gasteiger partial charge in [0, 0.05) is 24.4 Å². The van der Waals surface area contributed by atoms with E-state index in [0.29, 0.717) is 24.2 Å². The van der Waals surface area contributed by atoms with Gasteiger partial charge < -0.3 is 16.0 Å². The Balaban J connectivity index is 2.49. The molecular weight excluding hydrogens is 262 g/mol. The van der Waals surface area contributed by atoms with Crippen LogP contribution < -0.4 is 11.1 Å². The second-order valence-electron chi connectivity index (χ2n) is 6.00. The summed E-state index contributed by atoms with van der Waals surface area (Å²) in [5.41, 5.74) is 7.33. The maximum absolute atomic E-state index is 11.9. The number of carbonyl (C=O) groups excluding carboxylic acids is 1. The number of likely N-dealkylation sites (N-methyl/N-ethyl adjacent to an activating group) is 1. The molecule has 1 amide bonds. The Bertz CT molecular complexity index is 481. The van der Waals surface area contributed by atoms with E-state index in [2.05, 4.69) is 24.1 Å². The number of carbonyl (C=O) groups is 1. The highest BCUT2D eigenvalue weighted by Crippen LogP contribution is 2.09. The van der Waals surface area contributed by atoms with Gasteiger partial charge >= 0.3 is 0 Å². The summed E-state index contributed by atoms with van der Waals surface area (Å²) in [7, 11) is 4.09. The lowest BCUT2D eigenvalue weighted by atomic mass is 10.0. The number of nitrogens with one attached hydrogen (secondary N) is 1. The fourth-order valence-corrected chi connectivity index (χ4v) is 2.13. The van der Waals surface area contributed by atoms with Crippen molar-refractivity contribution in [1.82, 2.24) is 10.2 Å². The number of amides is 1. The number of rotatable bonds is 7. The first kappa shape index (κ1) is 17.2. The van der Waals surface area contributed by atoms with E-state index in [1.165, 1.54) is 0 Å². The van der Waals surface area contributed by atoms with E-state index >= 15 is 0 Å². The summed E-state index contributed by atoms with van der Waals surface area (Å²) in [5, 5.41) is 2.96. The van der Waals surface area contributed by atoms with Crippen molar-refractivity contribution in [3.8, 4) is 0 Å². The summed E-state index contributed by atoms with van der Waals surface area (Å²) in [6.45, 7) is 5.04. The number of nitrogen functional groups attached to an aromatic ring is 1. The Labute approximate surface area is 128 Å². The summed E-state index contributed by atoms with van der Waals surface area (Å²) in [6.07, 6.45) is 4.39. The van der Waals surface area contributed by atoms with Gasteiger partial charge in [-0.25, -0.2) is 0 Å². The molecule has 116 valence electrons. The molecule has 1 atom stereocenters. The number of nitrogens with zero attached hydrogens (tertiary/aromatic N) is 1. The molecule has 0 bridgehead atoms. The average Bonchev–Trinajstić information content (AvgIpc) is 2.40. The fourth-order valence-electron chi connectivity index (χ4n) is 2.13. The van der Waals surface area contributed by atoms with Crippen molar-refractivity contribution in [2.45, 2.75) is 26.3 Å². The average molecular weight is 289 g/mol. The largest absolute Gasteiger partial charge is 0.399 e. The number of anilines is 1. The smallest absolute Gasteiger partial charge is 0.244 e. The van der Waals surface area contributed by atoms with E-state index < -0.39 is 0 Å². The van der Waals surface area contributed by atoms with Crippen molar-refractivity contribution in [3.05, 3.63) is 35.9 Å². The monoisotopic (exact) mass is 289 g/mol. The lowest BCUT2D eigenvalue weighted by molar-refractivity contribution is -0.116. The highest BCUT2D eigenvalue weighted by molar-refractivity contribution is 5.91. The number of hydrogen-bond acceptors (Lipinski definition) is 3. The minimum atomic E-state index is -0.0759. The molecular formula is C17H27N3O. The topological polar surface area (TPSA) is 58.4 Å². The predicted octanol–water partition coefficient (Wildman–Crippen LogP) is 2.37. The molecule has 0 aliphatic rings. The summed E-state index contributed by atoms with van der Waals surface area (Å²) in [4.78, 5) is 14.0. The van der Waals surface area contributed by atoms with Gasteiger partial charge in [-0.05, 0) is 50.2 Å². The van der Waals surface area contributed by atoms with E-state index in [1.54, 1.807) is 12.2 Å². The Kier molecular flexibility index (Phi) is 6.96. The molecule has 1 rings (SSSR count). The molecule has 3 N–H and O–H groups in total. The van der Waals surface area contributed by atoms with Crippen molar-refractivity contribution in [3.63, 3.8) is 0 Å². The van der Waals surface area contributed by atoms with Gasteiger partial charge in [0.15, 0.2) is 0 Å². The van der Waals surface area contributed by atoms with Gasteiger partial charge in [0.25, 0.3) is 0 Å². The van der Waals surface area contributed by atoms with Crippen LogP contribution in [0, 0.1) is 5.92 Å². The summed E-state index contributed by atoms with van der Waals surface area (Å²) in [6, 6.07) is 7.81. The van der Waals surface area contributed by atoms with Gasteiger partial charge in [-0.15, -0.1) is 0 Å². The van der Waals surface area contributed by atoms with Crippen LogP contribution in [0.25, 0.3) is 6.08 Å². The van der Waals surface area contributed by atoms with Crippen LogP contribution in [0.2, 0.25) is 0 Å². The molecule has 0 saturated heterocycles. The van der Waals surface area contributed by atoms with Crippen molar-refractivity contribution in [2.75, 3.05) is 26.4 Å². The molecule has 4 nitrogen and oxygen atoms in total. The molecule has 21 heavy (non-hydrogen) atoms. The fraction of sp³-hybridized carbons (Fsp3) is 0.471. The molecule has 4 heteroatoms. The molecule has 0 saturated carbocycles. The molecule has 1 aromatic rings. The third-order valence-electron chi connectivity index (χ3n) is 3.32. The van der Waals surface area contributed by atoms with Gasteiger partial charge in [0.1, 0.15) is 0 Å². The first-order valence-corrected chi connectivity index (χ1v) is 7.36. The highest BCUT2D eigenvalue weighted by atomic mass is 16.1. The number of nitrogens with two attached hydrogens (primary N) is 1. The van der Waals surface area contributed by atoms with Crippen LogP contribution in [0.4, 0.5) is 5.69 Å². The second-order valence-corrected chi connectivity index (χ2v) is 6.00. The van der Waals surface area contributed by atoms with Gasteiger partial charge in [0.2, 0.25) is 5.91 Å². The van der Waals surface area contributed by atoms with Crippen LogP contribution in [-0.2, 0) is 4.79 Å². The zero-order chi connectivity index (χ0) is 15.8. The van der Waals surface area contributed by atoms with E-state index in [-0.39, 0.29) is 5.91 Å². The van der Waals surface area contributed by atoms with Gasteiger partial charge in [-0.1, -0.05) is 26.0 Å². The number of hydrogen-bond donors (Lipinski definition) is 2. The van der Waals surface area contributed by atoms with Crippen LogP contribution in [-0.4, -0.2) is 37.5 Å². The lowest BCUT2D eigenvalue weighted by Gasteiger charge is -2.26. The van der Waals surface area contributed by atoms with Crippen LogP contribution in [0.15, 0.2) is 30.3 Å². The van der Waals surface area contributed by atoms with E-state index in [9.17, 15) is 4.79 Å². The molecule has 0 aliphatic carbocycles. The summed E-state index contributed by atoms with van der Waals surface area (Å²) < 4.78 is 0. The first-order chi connectivity index (χ1) is 9.88. The normalized spacial score (nSPS) is 13.0. The van der Waals surface area contributed by atoms with Gasteiger partial charge in [-0.2, -0.15) is 0 Å².